The summed E-state index contributed by atoms with van der Waals surface area (Å²) >= 11 is 0. The van der Waals surface area contributed by atoms with Crippen molar-refractivity contribution < 1.29 is 40.6 Å². The van der Waals surface area contributed by atoms with Gasteiger partial charge in [-0.25, -0.2) is 4.79 Å². The van der Waals surface area contributed by atoms with Crippen molar-refractivity contribution in [3.05, 3.63) is 29.3 Å². The summed E-state index contributed by atoms with van der Waals surface area (Å²) in [5, 5.41) is 0. The van der Waals surface area contributed by atoms with Gasteiger partial charge in [0.05, 0.1) is 18.2 Å². The van der Waals surface area contributed by atoms with Crippen LogP contribution in [0.4, 0.5) is 26.3 Å². The lowest BCUT2D eigenvalue weighted by atomic mass is 10.1. The summed E-state index contributed by atoms with van der Waals surface area (Å²) in [6.45, 7) is 0. The molecule has 0 radical (unpaired) electrons. The molecule has 0 amide bonds. The average Bonchev–Trinajstić information content (AvgIpc) is 2.24. The van der Waals surface area contributed by atoms with Crippen molar-refractivity contribution in [2.45, 2.75) is 12.5 Å². The summed E-state index contributed by atoms with van der Waals surface area (Å²) in [4.78, 5) is 11.1. The van der Waals surface area contributed by atoms with Gasteiger partial charge in [-0.15, -0.1) is 13.2 Å². The summed E-state index contributed by atoms with van der Waals surface area (Å²) in [5.41, 5.74) is -2.47. The van der Waals surface area contributed by atoms with Crippen LogP contribution in [0.3, 0.4) is 0 Å². The Morgan fingerprint density at radius 1 is 1.11 bits per heavy atom. The van der Waals surface area contributed by atoms with Crippen LogP contribution < -0.4 is 4.74 Å². The molecule has 0 heterocycles. The molecule has 1 rings (SSSR count). The molecule has 0 N–H and O–H groups in total. The van der Waals surface area contributed by atoms with Gasteiger partial charge in [0.1, 0.15) is 5.75 Å². The summed E-state index contributed by atoms with van der Waals surface area (Å²) in [6, 6.07) is 1.23. The third kappa shape index (κ3) is 4.04. The van der Waals surface area contributed by atoms with Gasteiger partial charge in [-0.2, -0.15) is 13.2 Å². The van der Waals surface area contributed by atoms with Gasteiger partial charge in [-0.1, -0.05) is 0 Å². The van der Waals surface area contributed by atoms with Crippen LogP contribution in [0.1, 0.15) is 15.9 Å². The molecule has 0 saturated heterocycles. The molecule has 0 bridgehead atoms. The first kappa shape index (κ1) is 15.1. The zero-order chi connectivity index (χ0) is 14.8. The minimum absolute atomic E-state index is 0.0831. The number of hydrogen-bond acceptors (Lipinski definition) is 3. The highest BCUT2D eigenvalue weighted by Gasteiger charge is 2.38. The second kappa shape index (κ2) is 4.98. The Morgan fingerprint density at radius 2 is 1.68 bits per heavy atom. The van der Waals surface area contributed by atoms with E-state index in [0.29, 0.717) is 12.1 Å². The number of benzene rings is 1. The Morgan fingerprint density at radius 3 is 2.11 bits per heavy atom. The maximum absolute atomic E-state index is 12.6. The normalized spacial score (nSPS) is 12.2. The van der Waals surface area contributed by atoms with E-state index >= 15 is 0 Å². The molecule has 9 heteroatoms. The fraction of sp³-hybridized carbons (Fsp3) is 0.300. The zero-order valence-corrected chi connectivity index (χ0v) is 9.22. The van der Waals surface area contributed by atoms with Crippen molar-refractivity contribution in [1.82, 2.24) is 0 Å². The molecule has 1 aromatic rings. The molecular weight excluding hydrogens is 282 g/mol. The molecule has 1 aromatic carbocycles. The second-order valence-corrected chi connectivity index (χ2v) is 3.24. The van der Waals surface area contributed by atoms with E-state index in [1.54, 1.807) is 0 Å². The molecule has 3 nitrogen and oxygen atoms in total. The highest BCUT2D eigenvalue weighted by Crippen LogP contribution is 2.36. The number of hydrogen-bond donors (Lipinski definition) is 0. The van der Waals surface area contributed by atoms with Crippen LogP contribution in [-0.2, 0) is 10.9 Å². The Bertz CT molecular complexity index is 477. The smallest absolute Gasteiger partial charge is 0.465 e. The molecule has 0 aromatic heterocycles. The highest BCUT2D eigenvalue weighted by atomic mass is 19.4. The Kier molecular flexibility index (Phi) is 3.97. The van der Waals surface area contributed by atoms with Crippen molar-refractivity contribution in [1.29, 1.82) is 0 Å². The van der Waals surface area contributed by atoms with Gasteiger partial charge >= 0.3 is 18.5 Å². The van der Waals surface area contributed by atoms with Gasteiger partial charge in [0.25, 0.3) is 0 Å². The van der Waals surface area contributed by atoms with E-state index in [0.717, 1.165) is 7.11 Å². The SMILES string of the molecule is COC(=O)c1ccc(OC(F)(F)F)cc1C(F)(F)F. The molecule has 0 fully saturated rings. The van der Waals surface area contributed by atoms with Gasteiger partial charge in [-0.05, 0) is 18.2 Å². The Labute approximate surface area is 102 Å². The Balaban J connectivity index is 3.28. The maximum Gasteiger partial charge on any atom is 0.573 e. The van der Waals surface area contributed by atoms with Gasteiger partial charge in [-0.3, -0.25) is 0 Å². The predicted molar refractivity (Wildman–Crippen MR) is 49.5 cm³/mol. The van der Waals surface area contributed by atoms with Crippen LogP contribution in [0.25, 0.3) is 0 Å². The number of ether oxygens (including phenoxy) is 2. The molecule has 106 valence electrons. The summed E-state index contributed by atoms with van der Waals surface area (Å²) in [6.07, 6.45) is -10.1. The molecule has 0 atom stereocenters. The summed E-state index contributed by atoms with van der Waals surface area (Å²) < 4.78 is 81.0. The third-order valence-corrected chi connectivity index (χ3v) is 1.94. The van der Waals surface area contributed by atoms with Crippen molar-refractivity contribution in [2.75, 3.05) is 7.11 Å². The highest BCUT2D eigenvalue weighted by molar-refractivity contribution is 5.91. The summed E-state index contributed by atoms with van der Waals surface area (Å²) in [7, 11) is 0.850. The van der Waals surface area contributed by atoms with Crippen molar-refractivity contribution >= 4 is 5.97 Å². The Hall–Kier alpha value is -1.93. The number of alkyl halides is 6. The van der Waals surface area contributed by atoms with Crippen LogP contribution in [-0.4, -0.2) is 19.4 Å². The standard InChI is InChI=1S/C10H6F6O3/c1-18-8(17)6-3-2-5(19-10(14,15)16)4-7(6)9(11,12)13/h2-4H,1H3. The van der Waals surface area contributed by atoms with Gasteiger partial charge in [0.2, 0.25) is 0 Å². The number of carbonyl (C=O) groups excluding carboxylic acids is 1. The van der Waals surface area contributed by atoms with E-state index in [-0.39, 0.29) is 6.07 Å². The fourth-order valence-electron chi connectivity index (χ4n) is 1.24. The monoisotopic (exact) mass is 288 g/mol. The van der Waals surface area contributed by atoms with Crippen LogP contribution in [0.15, 0.2) is 18.2 Å². The first-order chi connectivity index (χ1) is 8.54. The lowest BCUT2D eigenvalue weighted by Crippen LogP contribution is -2.19. The number of methoxy groups -OCH3 is 1. The minimum Gasteiger partial charge on any atom is -0.465 e. The van der Waals surface area contributed by atoms with E-state index < -0.39 is 35.4 Å². The number of esters is 1. The van der Waals surface area contributed by atoms with E-state index in [4.69, 9.17) is 0 Å². The molecule has 0 aliphatic carbocycles. The van der Waals surface area contributed by atoms with Crippen LogP contribution >= 0.6 is 0 Å². The van der Waals surface area contributed by atoms with Crippen LogP contribution in [0.2, 0.25) is 0 Å². The largest absolute Gasteiger partial charge is 0.573 e. The maximum atomic E-state index is 12.6. The molecule has 19 heavy (non-hydrogen) atoms. The molecule has 0 aliphatic rings. The third-order valence-electron chi connectivity index (χ3n) is 1.94. The van der Waals surface area contributed by atoms with Crippen LogP contribution in [0.5, 0.6) is 5.75 Å². The first-order valence-electron chi connectivity index (χ1n) is 4.60. The van der Waals surface area contributed by atoms with Crippen LogP contribution in [0, 0.1) is 0 Å². The number of carbonyl (C=O) groups is 1. The quantitative estimate of drug-likeness (QED) is 0.618. The van der Waals surface area contributed by atoms with Gasteiger partial charge in [0.15, 0.2) is 0 Å². The molecule has 0 spiro atoms. The molecular formula is C10H6F6O3. The lowest BCUT2D eigenvalue weighted by molar-refractivity contribution is -0.274. The van der Waals surface area contributed by atoms with Crippen molar-refractivity contribution in [3.8, 4) is 5.75 Å². The lowest BCUT2D eigenvalue weighted by Gasteiger charge is -2.14. The first-order valence-corrected chi connectivity index (χ1v) is 4.60. The molecule has 0 unspecified atom stereocenters. The van der Waals surface area contributed by atoms with E-state index in [1.807, 2.05) is 0 Å². The minimum atomic E-state index is -5.13. The predicted octanol–water partition coefficient (Wildman–Crippen LogP) is 3.39. The van der Waals surface area contributed by atoms with E-state index in [2.05, 4.69) is 9.47 Å². The van der Waals surface area contributed by atoms with Gasteiger partial charge < -0.3 is 9.47 Å². The van der Waals surface area contributed by atoms with Crippen molar-refractivity contribution in [3.63, 3.8) is 0 Å². The van der Waals surface area contributed by atoms with E-state index in [9.17, 15) is 31.1 Å². The summed E-state index contributed by atoms with van der Waals surface area (Å²) in [5.74, 6) is -2.39. The average molecular weight is 288 g/mol. The van der Waals surface area contributed by atoms with E-state index in [1.165, 1.54) is 0 Å². The topological polar surface area (TPSA) is 35.5 Å². The second-order valence-electron chi connectivity index (χ2n) is 3.24. The molecule has 0 saturated carbocycles. The zero-order valence-electron chi connectivity index (χ0n) is 9.22. The van der Waals surface area contributed by atoms with Crippen molar-refractivity contribution in [2.24, 2.45) is 0 Å². The van der Waals surface area contributed by atoms with Gasteiger partial charge in [0, 0.05) is 0 Å². The molecule has 0 aliphatic heterocycles. The fourth-order valence-corrected chi connectivity index (χ4v) is 1.24. The number of rotatable bonds is 2. The number of halogens is 6.